The number of rotatable bonds is 29. The van der Waals surface area contributed by atoms with Crippen LogP contribution < -0.4 is 25.1 Å². The molecule has 3 aromatic heterocycles. The quantitative estimate of drug-likeness (QED) is 0.0209. The second-order valence-electron chi connectivity index (χ2n) is 17.3. The first kappa shape index (κ1) is 52.7. The average Bonchev–Trinajstić information content (AvgIpc) is 3.91. The number of esters is 2. The van der Waals surface area contributed by atoms with Crippen molar-refractivity contribution in [2.45, 2.75) is 91.4 Å². The molecule has 0 saturated carbocycles. The zero-order valence-corrected chi connectivity index (χ0v) is 41.5. The van der Waals surface area contributed by atoms with Gasteiger partial charge in [-0.05, 0) is 99.9 Å². The summed E-state index contributed by atoms with van der Waals surface area (Å²) in [6, 6.07) is 12.0. The van der Waals surface area contributed by atoms with Crippen molar-refractivity contribution in [3.05, 3.63) is 109 Å². The maximum absolute atomic E-state index is 14.0. The van der Waals surface area contributed by atoms with Crippen LogP contribution in [-0.2, 0) is 64.9 Å². The maximum Gasteiger partial charge on any atom is 0.355 e. The second kappa shape index (κ2) is 24.8. The summed E-state index contributed by atoms with van der Waals surface area (Å²) in [5, 5.41) is 24.4. The Hall–Kier alpha value is -7.16. The van der Waals surface area contributed by atoms with Crippen molar-refractivity contribution in [1.29, 1.82) is 5.53 Å². The highest BCUT2D eigenvalue weighted by atomic mass is 16.6. The van der Waals surface area contributed by atoms with Crippen molar-refractivity contribution in [1.82, 2.24) is 25.1 Å². The number of cyclic esters (lactones) is 1. The number of nitrogens with one attached hydrogen (secondary N) is 3. The van der Waals surface area contributed by atoms with E-state index in [0.29, 0.717) is 98.7 Å². The van der Waals surface area contributed by atoms with Crippen molar-refractivity contribution in [2.75, 3.05) is 66.5 Å². The zero-order chi connectivity index (χ0) is 51.2. The van der Waals surface area contributed by atoms with Gasteiger partial charge in [-0.1, -0.05) is 13.8 Å². The Bertz CT molecular complexity index is 2840. The first-order valence-electron chi connectivity index (χ1n) is 24.2. The number of carboxylic acids is 1. The second-order valence-corrected chi connectivity index (χ2v) is 17.3. The van der Waals surface area contributed by atoms with Gasteiger partial charge in [0.2, 0.25) is 5.60 Å². The zero-order valence-electron chi connectivity index (χ0n) is 41.5. The SMILES string of the molecule is CCc1c2c(nc3ccc(OC)cc13)-c1cc3c(c(=O)n1C2)COC(=O)C3(CC)OC(=O)CCOCCOCCOCCN/C=C(/CCCOc1cc(OCCCc2c(C)n[nH]c2C)cc(C(=O)O)c1)N=N. The summed E-state index contributed by atoms with van der Waals surface area (Å²) in [5.74, 6) is -0.999. The normalized spacial score (nSPS) is 14.8. The number of aryl methyl sites for hydroxylation is 3. The van der Waals surface area contributed by atoms with Crippen LogP contribution in [0.1, 0.15) is 95.5 Å². The van der Waals surface area contributed by atoms with E-state index in [2.05, 4.69) is 27.6 Å². The van der Waals surface area contributed by atoms with E-state index in [-0.39, 0.29) is 62.6 Å². The number of aromatic amines is 1. The van der Waals surface area contributed by atoms with Crippen LogP contribution in [0.25, 0.3) is 22.3 Å². The molecule has 5 aromatic rings. The monoisotopic (exact) mass is 993 g/mol. The number of methoxy groups -OCH3 is 1. The predicted molar refractivity (Wildman–Crippen MR) is 263 cm³/mol. The smallest absolute Gasteiger partial charge is 0.355 e. The van der Waals surface area contributed by atoms with Gasteiger partial charge < -0.3 is 52.9 Å². The molecule has 0 spiro atoms. The minimum absolute atomic E-state index is 0.0202. The number of H-pyrrole nitrogens is 1. The molecular formula is C52H63N7O13. The van der Waals surface area contributed by atoms with Gasteiger partial charge in [0.15, 0.2) is 0 Å². The van der Waals surface area contributed by atoms with Crippen molar-refractivity contribution in [2.24, 2.45) is 5.11 Å². The Morgan fingerprint density at radius 2 is 1.62 bits per heavy atom. The molecule has 0 saturated heterocycles. The number of aromatic carboxylic acids is 1. The number of ether oxygens (including phenoxy) is 8. The van der Waals surface area contributed by atoms with Gasteiger partial charge in [-0.2, -0.15) is 10.2 Å². The summed E-state index contributed by atoms with van der Waals surface area (Å²) in [4.78, 5) is 57.5. The van der Waals surface area contributed by atoms with Gasteiger partial charge in [0.25, 0.3) is 5.56 Å². The third-order valence-electron chi connectivity index (χ3n) is 12.7. The lowest BCUT2D eigenvalue weighted by Gasteiger charge is -2.35. The lowest BCUT2D eigenvalue weighted by Crippen LogP contribution is -2.47. The molecule has 20 nitrogen and oxygen atoms in total. The lowest BCUT2D eigenvalue weighted by molar-refractivity contribution is -0.190. The van der Waals surface area contributed by atoms with Crippen LogP contribution in [0.5, 0.6) is 17.2 Å². The van der Waals surface area contributed by atoms with E-state index >= 15 is 0 Å². The first-order valence-corrected chi connectivity index (χ1v) is 24.2. The van der Waals surface area contributed by atoms with E-state index < -0.39 is 23.5 Å². The van der Waals surface area contributed by atoms with Gasteiger partial charge in [0, 0.05) is 41.0 Å². The van der Waals surface area contributed by atoms with E-state index in [1.807, 2.05) is 32.0 Å². The van der Waals surface area contributed by atoms with Gasteiger partial charge in [-0.25, -0.2) is 20.1 Å². The van der Waals surface area contributed by atoms with Crippen LogP contribution in [0.4, 0.5) is 0 Å². The van der Waals surface area contributed by atoms with E-state index in [4.69, 9.17) is 48.4 Å². The molecule has 7 rings (SSSR count). The van der Waals surface area contributed by atoms with E-state index in [1.54, 1.807) is 36.9 Å². The molecule has 0 bridgehead atoms. The molecule has 384 valence electrons. The first-order chi connectivity index (χ1) is 34.9. The van der Waals surface area contributed by atoms with Crippen molar-refractivity contribution < 1.29 is 57.4 Å². The molecule has 2 aliphatic heterocycles. The predicted octanol–water partition coefficient (Wildman–Crippen LogP) is 7.01. The number of benzene rings is 2. The molecule has 72 heavy (non-hydrogen) atoms. The number of carbonyl (C=O) groups is 3. The largest absolute Gasteiger partial charge is 0.497 e. The van der Waals surface area contributed by atoms with Crippen molar-refractivity contribution in [3.8, 4) is 28.6 Å². The molecule has 2 aromatic carbocycles. The van der Waals surface area contributed by atoms with Crippen LogP contribution in [0.15, 0.2) is 64.3 Å². The standard InChI is InChI=1S/C52H63N7O13/c1-6-39-41-27-36(65-5)12-13-45(41)55-48-42(39)30-59-46(48)28-44-43(49(59)61)31-71-51(64)52(44,7-2)72-47(60)14-18-66-20-22-68-23-21-67-19-15-54-29-35(56-53)10-8-16-69-37-24-34(50(62)63)25-38(26-37)70-17-9-11-40-32(3)57-58-33(40)4/h12-13,24-29,53-54H,6-11,14-23,30-31H2,1-5H3,(H,57,58)(H,62,63)/b35-29-,56-53?. The molecule has 5 heterocycles. The number of aromatic nitrogens is 4. The Labute approximate surface area is 416 Å². The number of fused-ring (bicyclic) bond motifs is 5. The molecule has 1 atom stereocenters. The van der Waals surface area contributed by atoms with Crippen LogP contribution in [0, 0.1) is 19.4 Å². The summed E-state index contributed by atoms with van der Waals surface area (Å²) in [5.41, 5.74) is 13.7. The maximum atomic E-state index is 14.0. The molecule has 1 unspecified atom stereocenters. The summed E-state index contributed by atoms with van der Waals surface area (Å²) < 4.78 is 47.1. The summed E-state index contributed by atoms with van der Waals surface area (Å²) in [7, 11) is 1.61. The number of allylic oxidation sites excluding steroid dienone is 1. The summed E-state index contributed by atoms with van der Waals surface area (Å²) >= 11 is 0. The van der Waals surface area contributed by atoms with Gasteiger partial charge in [-0.3, -0.25) is 14.7 Å². The Morgan fingerprint density at radius 1 is 0.903 bits per heavy atom. The molecule has 0 radical (unpaired) electrons. The van der Waals surface area contributed by atoms with E-state index in [1.165, 1.54) is 12.1 Å². The number of carboxylic acid groups (broad SMARTS) is 1. The van der Waals surface area contributed by atoms with Gasteiger partial charge in [0.1, 0.15) is 23.9 Å². The molecule has 2 aliphatic rings. The minimum atomic E-state index is -1.81. The molecular weight excluding hydrogens is 931 g/mol. The third-order valence-corrected chi connectivity index (χ3v) is 12.7. The highest BCUT2D eigenvalue weighted by Gasteiger charge is 2.50. The topological polar surface area (TPSA) is 257 Å². The van der Waals surface area contributed by atoms with Crippen LogP contribution in [0.3, 0.4) is 0 Å². The summed E-state index contributed by atoms with van der Waals surface area (Å²) in [6.45, 7) is 10.5. The Balaban J connectivity index is 0.771. The van der Waals surface area contributed by atoms with E-state index in [0.717, 1.165) is 51.8 Å². The highest BCUT2D eigenvalue weighted by molar-refractivity contribution is 5.91. The number of nitrogens with zero attached hydrogens (tertiary/aromatic N) is 4. The van der Waals surface area contributed by atoms with Crippen molar-refractivity contribution in [3.63, 3.8) is 0 Å². The lowest BCUT2D eigenvalue weighted by atomic mass is 9.85. The Morgan fingerprint density at radius 3 is 2.29 bits per heavy atom. The highest BCUT2D eigenvalue weighted by Crippen LogP contribution is 2.42. The molecule has 0 fully saturated rings. The van der Waals surface area contributed by atoms with Crippen LogP contribution >= 0.6 is 0 Å². The third kappa shape index (κ3) is 12.3. The Kier molecular flexibility index (Phi) is 18.1. The van der Waals surface area contributed by atoms with Crippen LogP contribution in [0.2, 0.25) is 0 Å². The van der Waals surface area contributed by atoms with Gasteiger partial charge in [-0.15, -0.1) is 0 Å². The number of carbonyl (C=O) groups excluding carboxylic acids is 2. The molecule has 0 amide bonds. The van der Waals surface area contributed by atoms with Gasteiger partial charge in [0.05, 0.1) is 112 Å². The number of hydrogen-bond donors (Lipinski definition) is 4. The van der Waals surface area contributed by atoms with Crippen molar-refractivity contribution >= 4 is 28.8 Å². The number of pyridine rings is 2. The summed E-state index contributed by atoms with van der Waals surface area (Å²) in [6.07, 6.45) is 4.78. The average molecular weight is 994 g/mol. The van der Waals surface area contributed by atoms with E-state index in [9.17, 15) is 24.3 Å². The fourth-order valence-corrected chi connectivity index (χ4v) is 8.94. The minimum Gasteiger partial charge on any atom is -0.497 e. The molecule has 4 N–H and O–H groups in total. The van der Waals surface area contributed by atoms with Gasteiger partial charge >= 0.3 is 17.9 Å². The fourth-order valence-electron chi connectivity index (χ4n) is 8.94. The molecule has 0 aliphatic carbocycles. The van der Waals surface area contributed by atoms with Crippen LogP contribution in [-0.4, -0.2) is 109 Å². The fraction of sp³-hybridized carbons (Fsp3) is 0.462. The molecule has 20 heteroatoms. The number of hydrogen-bond acceptors (Lipinski definition) is 17.